The van der Waals surface area contributed by atoms with E-state index in [0.29, 0.717) is 4.68 Å². The highest BCUT2D eigenvalue weighted by atomic mass is 16.7. The third-order valence-electron chi connectivity index (χ3n) is 1.72. The first kappa shape index (κ1) is 12.3. The summed E-state index contributed by atoms with van der Waals surface area (Å²) in [4.78, 5) is 20.6. The lowest BCUT2D eigenvalue weighted by atomic mass is 10.5. The molecule has 0 N–H and O–H groups in total. The van der Waals surface area contributed by atoms with Crippen LogP contribution in [0.25, 0.3) is 0 Å². The quantitative estimate of drug-likeness (QED) is 0.496. The Morgan fingerprint density at radius 3 is 2.06 bits per heavy atom. The smallest absolute Gasteiger partial charge is 0.312 e. The van der Waals surface area contributed by atoms with Gasteiger partial charge in [-0.15, -0.1) is 0 Å². The van der Waals surface area contributed by atoms with E-state index < -0.39 is 10.6 Å². The summed E-state index contributed by atoms with van der Waals surface area (Å²) in [5.74, 6) is 0. The normalized spacial score (nSPS) is 14.8. The predicted octanol–water partition coefficient (Wildman–Crippen LogP) is -0.0787. The molecule has 0 atom stereocenters. The Morgan fingerprint density at radius 2 is 1.75 bits per heavy atom. The molecule has 0 amide bonds. The van der Waals surface area contributed by atoms with E-state index in [1.807, 2.05) is 0 Å². The second-order valence-corrected chi connectivity index (χ2v) is 2.85. The molecule has 1 aliphatic heterocycles. The lowest BCUT2D eigenvalue weighted by molar-refractivity contribution is -0.545. The number of nitrogens with zero attached hydrogens (tertiary/aromatic N) is 2. The molecule has 0 spiro atoms. The number of nitro groups is 1. The molecule has 1 saturated heterocycles. The second kappa shape index (κ2) is 6.70. The minimum Gasteiger partial charge on any atom is -0.377 e. The van der Waals surface area contributed by atoms with Crippen LogP contribution >= 0.6 is 0 Å². The molecule has 2 rings (SSSR count). The van der Waals surface area contributed by atoms with E-state index in [1.54, 1.807) is 0 Å². The third kappa shape index (κ3) is 4.20. The van der Waals surface area contributed by atoms with Gasteiger partial charge in [0.25, 0.3) is 0 Å². The molecule has 0 bridgehead atoms. The van der Waals surface area contributed by atoms with Crippen LogP contribution in [-0.4, -0.2) is 36.1 Å². The van der Waals surface area contributed by atoms with E-state index in [0.717, 1.165) is 38.7 Å². The van der Waals surface area contributed by atoms with Crippen molar-refractivity contribution in [2.75, 3.05) is 26.4 Å². The zero-order chi connectivity index (χ0) is 11.8. The molecule has 1 fully saturated rings. The lowest BCUT2D eigenvalue weighted by Crippen LogP contribution is -2.23. The number of ether oxygens (including phenoxy) is 2. The van der Waals surface area contributed by atoms with Gasteiger partial charge in [-0.1, -0.05) is 6.07 Å². The molecule has 0 radical (unpaired) electrons. The van der Waals surface area contributed by atoms with Crippen LogP contribution < -0.4 is 5.56 Å². The van der Waals surface area contributed by atoms with Crippen molar-refractivity contribution in [2.24, 2.45) is 0 Å². The van der Waals surface area contributed by atoms with E-state index in [2.05, 4.69) is 0 Å². The van der Waals surface area contributed by atoms with Gasteiger partial charge in [-0.05, 0) is 10.7 Å². The summed E-state index contributed by atoms with van der Waals surface area (Å²) in [6, 6.07) is 4.00. The maximum Gasteiger partial charge on any atom is 0.312 e. The van der Waals surface area contributed by atoms with Crippen LogP contribution in [0.1, 0.15) is 0 Å². The summed E-state index contributed by atoms with van der Waals surface area (Å²) < 4.78 is 10.3. The van der Waals surface area contributed by atoms with Crippen molar-refractivity contribution in [1.29, 1.82) is 0 Å². The third-order valence-corrected chi connectivity index (χ3v) is 1.72. The van der Waals surface area contributed by atoms with E-state index in [9.17, 15) is 14.9 Å². The summed E-state index contributed by atoms with van der Waals surface area (Å²) in [6.07, 6.45) is 1.10. The first-order valence-electron chi connectivity index (χ1n) is 4.69. The van der Waals surface area contributed by atoms with Crippen LogP contribution in [-0.2, 0) is 9.47 Å². The van der Waals surface area contributed by atoms with Gasteiger partial charge in [0.15, 0.2) is 5.03 Å². The van der Waals surface area contributed by atoms with Crippen molar-refractivity contribution in [2.45, 2.75) is 0 Å². The highest BCUT2D eigenvalue weighted by Crippen LogP contribution is 1.85. The maximum atomic E-state index is 10.6. The average molecular weight is 228 g/mol. The number of hydrogen-bond acceptors (Lipinski definition) is 5. The predicted molar refractivity (Wildman–Crippen MR) is 54.7 cm³/mol. The summed E-state index contributed by atoms with van der Waals surface area (Å²) >= 11 is 0. The van der Waals surface area contributed by atoms with Gasteiger partial charge in [0, 0.05) is 6.07 Å². The molecule has 88 valence electrons. The van der Waals surface area contributed by atoms with E-state index in [1.165, 1.54) is 12.1 Å². The van der Waals surface area contributed by atoms with Gasteiger partial charge in [0.2, 0.25) is 0 Å². The van der Waals surface area contributed by atoms with Crippen molar-refractivity contribution in [1.82, 2.24) is 4.68 Å². The largest absolute Gasteiger partial charge is 0.377 e. The number of rotatable bonds is 1. The van der Waals surface area contributed by atoms with E-state index >= 15 is 0 Å². The summed E-state index contributed by atoms with van der Waals surface area (Å²) in [7, 11) is 0. The van der Waals surface area contributed by atoms with Crippen LogP contribution in [0.3, 0.4) is 0 Å². The van der Waals surface area contributed by atoms with Gasteiger partial charge in [-0.25, -0.2) is 10.1 Å². The zero-order valence-corrected chi connectivity index (χ0v) is 8.57. The van der Waals surface area contributed by atoms with Gasteiger partial charge >= 0.3 is 5.56 Å². The van der Waals surface area contributed by atoms with E-state index in [4.69, 9.17) is 9.47 Å². The molecular formula is C9H12N2O5. The number of hydrogen-bond donors (Lipinski definition) is 0. The Hall–Kier alpha value is -1.73. The Kier molecular flexibility index (Phi) is 5.17. The Labute approximate surface area is 91.3 Å². The summed E-state index contributed by atoms with van der Waals surface area (Å²) in [6.45, 7) is 3.11. The van der Waals surface area contributed by atoms with Crippen LogP contribution in [0.5, 0.6) is 0 Å². The molecule has 0 unspecified atom stereocenters. The average Bonchev–Trinajstić information content (AvgIpc) is 2.32. The maximum absolute atomic E-state index is 10.6. The van der Waals surface area contributed by atoms with Crippen molar-refractivity contribution >= 4 is 0 Å². The molecule has 7 heteroatoms. The van der Waals surface area contributed by atoms with Gasteiger partial charge in [-0.3, -0.25) is 4.79 Å². The SMILES string of the molecule is C1COCCO1.O=c1ccccn1[N+](=O)[O-]. The molecule has 1 aliphatic rings. The standard InChI is InChI=1S/C5H4N2O3.C4H8O2/c8-5-3-1-2-4-6(5)7(9)10;1-2-6-4-3-5-1/h1-4H;1-4H2. The molecule has 1 aromatic heterocycles. The minimum absolute atomic E-state index is 0.417. The topological polar surface area (TPSA) is 83.6 Å². The van der Waals surface area contributed by atoms with Crippen molar-refractivity contribution < 1.29 is 14.5 Å². The summed E-state index contributed by atoms with van der Waals surface area (Å²) in [5.41, 5.74) is -0.632. The molecular weight excluding hydrogens is 216 g/mol. The Balaban J connectivity index is 0.000000181. The molecule has 2 heterocycles. The minimum atomic E-state index is -0.775. The van der Waals surface area contributed by atoms with Crippen molar-refractivity contribution in [3.8, 4) is 0 Å². The fourth-order valence-electron chi connectivity index (χ4n) is 0.994. The van der Waals surface area contributed by atoms with Gasteiger partial charge in [-0.2, -0.15) is 0 Å². The van der Waals surface area contributed by atoms with E-state index in [-0.39, 0.29) is 0 Å². The second-order valence-electron chi connectivity index (χ2n) is 2.85. The fourth-order valence-corrected chi connectivity index (χ4v) is 0.994. The lowest BCUT2D eigenvalue weighted by Gasteiger charge is -2.09. The molecule has 7 nitrogen and oxygen atoms in total. The summed E-state index contributed by atoms with van der Waals surface area (Å²) in [5, 5.41) is 9.21. The van der Waals surface area contributed by atoms with Crippen molar-refractivity contribution in [3.05, 3.63) is 44.9 Å². The molecule has 0 aromatic carbocycles. The van der Waals surface area contributed by atoms with Crippen LogP contribution in [0.4, 0.5) is 0 Å². The number of pyridine rings is 1. The van der Waals surface area contributed by atoms with Crippen LogP contribution in [0.15, 0.2) is 29.2 Å². The highest BCUT2D eigenvalue weighted by Gasteiger charge is 2.00. The Morgan fingerprint density at radius 1 is 1.19 bits per heavy atom. The van der Waals surface area contributed by atoms with Crippen LogP contribution in [0.2, 0.25) is 0 Å². The van der Waals surface area contributed by atoms with Crippen molar-refractivity contribution in [3.63, 3.8) is 0 Å². The first-order chi connectivity index (χ1) is 7.72. The molecule has 16 heavy (non-hydrogen) atoms. The highest BCUT2D eigenvalue weighted by molar-refractivity contribution is 4.90. The molecule has 0 aliphatic carbocycles. The molecule has 0 saturated carbocycles. The molecule has 1 aromatic rings. The van der Waals surface area contributed by atoms with Gasteiger partial charge < -0.3 is 9.47 Å². The Bertz CT molecular complexity index is 374. The monoisotopic (exact) mass is 228 g/mol. The number of aromatic nitrogens is 1. The van der Waals surface area contributed by atoms with Gasteiger partial charge in [0.1, 0.15) is 0 Å². The van der Waals surface area contributed by atoms with Gasteiger partial charge in [0.05, 0.1) is 32.6 Å². The fraction of sp³-hybridized carbons (Fsp3) is 0.444. The first-order valence-corrected chi connectivity index (χ1v) is 4.69. The van der Waals surface area contributed by atoms with Crippen LogP contribution in [0, 0.1) is 10.1 Å². The zero-order valence-electron chi connectivity index (χ0n) is 8.57.